The van der Waals surface area contributed by atoms with Crippen molar-refractivity contribution in [2.24, 2.45) is 5.84 Å². The molecule has 0 radical (unpaired) electrons. The lowest BCUT2D eigenvalue weighted by Crippen LogP contribution is -2.11. The molecular formula is C12H10FN5. The van der Waals surface area contributed by atoms with Crippen LogP contribution in [0.5, 0.6) is 0 Å². The molecule has 0 atom stereocenters. The minimum absolute atomic E-state index is 0.268. The van der Waals surface area contributed by atoms with Crippen LogP contribution in [-0.4, -0.2) is 9.97 Å². The highest BCUT2D eigenvalue weighted by Gasteiger charge is 2.11. The van der Waals surface area contributed by atoms with E-state index < -0.39 is 5.82 Å². The molecule has 90 valence electrons. The average Bonchev–Trinajstić information content (AvgIpc) is 2.39. The van der Waals surface area contributed by atoms with Crippen molar-refractivity contribution >= 4 is 5.82 Å². The van der Waals surface area contributed by atoms with Gasteiger partial charge in [-0.2, -0.15) is 5.26 Å². The van der Waals surface area contributed by atoms with Gasteiger partial charge >= 0.3 is 0 Å². The minimum atomic E-state index is -0.415. The normalized spacial score (nSPS) is 9.89. The first-order valence-corrected chi connectivity index (χ1v) is 5.16. The van der Waals surface area contributed by atoms with Crippen LogP contribution >= 0.6 is 0 Å². The molecule has 0 saturated carbocycles. The van der Waals surface area contributed by atoms with Crippen LogP contribution in [0.25, 0.3) is 11.4 Å². The van der Waals surface area contributed by atoms with Gasteiger partial charge in [0.2, 0.25) is 0 Å². The third-order valence-electron chi connectivity index (χ3n) is 2.44. The summed E-state index contributed by atoms with van der Waals surface area (Å²) in [6.45, 7) is 1.80. The first kappa shape index (κ1) is 12.0. The van der Waals surface area contributed by atoms with Crippen molar-refractivity contribution in [3.8, 4) is 17.5 Å². The number of hydrogen-bond donors (Lipinski definition) is 2. The Bertz CT molecular complexity index is 616. The maximum Gasteiger partial charge on any atom is 0.158 e. The number of nitriles is 1. The van der Waals surface area contributed by atoms with Crippen molar-refractivity contribution in [3.05, 3.63) is 41.3 Å². The first-order valence-electron chi connectivity index (χ1n) is 5.16. The average molecular weight is 243 g/mol. The van der Waals surface area contributed by atoms with E-state index >= 15 is 0 Å². The zero-order valence-electron chi connectivity index (χ0n) is 9.61. The number of halogens is 1. The lowest BCUT2D eigenvalue weighted by Gasteiger charge is -2.08. The van der Waals surface area contributed by atoms with Crippen molar-refractivity contribution in [3.63, 3.8) is 0 Å². The molecule has 0 unspecified atom stereocenters. The molecule has 5 nitrogen and oxygen atoms in total. The van der Waals surface area contributed by atoms with Gasteiger partial charge in [0.15, 0.2) is 5.82 Å². The van der Waals surface area contributed by atoms with Crippen molar-refractivity contribution in [1.82, 2.24) is 9.97 Å². The number of rotatable bonds is 2. The van der Waals surface area contributed by atoms with Gasteiger partial charge < -0.3 is 5.43 Å². The molecule has 2 heterocycles. The highest BCUT2D eigenvalue weighted by Crippen LogP contribution is 2.23. The summed E-state index contributed by atoms with van der Waals surface area (Å²) in [6.07, 6.45) is 1.12. The molecule has 2 aromatic heterocycles. The summed E-state index contributed by atoms with van der Waals surface area (Å²) in [5.74, 6) is 5.16. The Morgan fingerprint density at radius 2 is 2.22 bits per heavy atom. The van der Waals surface area contributed by atoms with Crippen LogP contribution in [0.3, 0.4) is 0 Å². The van der Waals surface area contributed by atoms with E-state index in [-0.39, 0.29) is 5.82 Å². The van der Waals surface area contributed by atoms with Gasteiger partial charge in [-0.3, -0.25) is 4.98 Å². The van der Waals surface area contributed by atoms with E-state index in [0.29, 0.717) is 17.0 Å². The van der Waals surface area contributed by atoms with Crippen molar-refractivity contribution in [1.29, 1.82) is 5.26 Å². The monoisotopic (exact) mass is 243 g/mol. The summed E-state index contributed by atoms with van der Waals surface area (Å²) in [5.41, 5.74) is 4.56. The summed E-state index contributed by atoms with van der Waals surface area (Å²) < 4.78 is 12.8. The van der Waals surface area contributed by atoms with Crippen LogP contribution in [-0.2, 0) is 0 Å². The first-order chi connectivity index (χ1) is 8.65. The van der Waals surface area contributed by atoms with Crippen LogP contribution in [0, 0.1) is 24.1 Å². The van der Waals surface area contributed by atoms with Gasteiger partial charge in [-0.1, -0.05) is 0 Å². The maximum absolute atomic E-state index is 12.8. The molecule has 0 spiro atoms. The van der Waals surface area contributed by atoms with E-state index in [1.54, 1.807) is 13.0 Å². The van der Waals surface area contributed by atoms with E-state index in [9.17, 15) is 4.39 Å². The van der Waals surface area contributed by atoms with Gasteiger partial charge in [-0.25, -0.2) is 15.2 Å². The predicted octanol–water partition coefficient (Wildman–Crippen LogP) is 1.75. The zero-order valence-corrected chi connectivity index (χ0v) is 9.61. The van der Waals surface area contributed by atoms with Crippen LogP contribution in [0.2, 0.25) is 0 Å². The molecular weight excluding hydrogens is 233 g/mol. The molecule has 0 bridgehead atoms. The molecule has 2 rings (SSSR count). The zero-order chi connectivity index (χ0) is 13.1. The van der Waals surface area contributed by atoms with E-state index in [4.69, 9.17) is 11.1 Å². The molecule has 0 aliphatic rings. The SMILES string of the molecule is Cc1cc(C#N)c(NN)nc1-c1ccc(F)cn1. The van der Waals surface area contributed by atoms with Crippen LogP contribution in [0.4, 0.5) is 10.2 Å². The van der Waals surface area contributed by atoms with Crippen molar-refractivity contribution in [2.45, 2.75) is 6.92 Å². The predicted molar refractivity (Wildman–Crippen MR) is 64.7 cm³/mol. The van der Waals surface area contributed by atoms with E-state index in [1.807, 2.05) is 6.07 Å². The summed E-state index contributed by atoms with van der Waals surface area (Å²) in [6, 6.07) is 6.47. The van der Waals surface area contributed by atoms with Gasteiger partial charge in [-0.05, 0) is 30.7 Å². The van der Waals surface area contributed by atoms with Gasteiger partial charge in [-0.15, -0.1) is 0 Å². The third kappa shape index (κ3) is 2.12. The second-order valence-electron chi connectivity index (χ2n) is 3.67. The quantitative estimate of drug-likeness (QED) is 0.619. The largest absolute Gasteiger partial charge is 0.307 e. The van der Waals surface area contributed by atoms with Crippen LogP contribution in [0.1, 0.15) is 11.1 Å². The number of nitrogen functional groups attached to an aromatic ring is 1. The standard InChI is InChI=1S/C12H10FN5/c1-7-4-8(5-14)12(18-15)17-11(7)10-3-2-9(13)6-16-10/h2-4,6H,15H2,1H3,(H,17,18). The number of aromatic nitrogens is 2. The molecule has 0 fully saturated rings. The molecule has 2 aromatic rings. The number of nitrogens with one attached hydrogen (secondary N) is 1. The highest BCUT2D eigenvalue weighted by atomic mass is 19.1. The number of pyridine rings is 2. The molecule has 6 heteroatoms. The summed E-state index contributed by atoms with van der Waals surface area (Å²) >= 11 is 0. The molecule has 0 saturated heterocycles. The van der Waals surface area contributed by atoms with E-state index in [1.165, 1.54) is 12.1 Å². The van der Waals surface area contributed by atoms with E-state index in [2.05, 4.69) is 15.4 Å². The number of nitrogens with two attached hydrogens (primary N) is 1. The topological polar surface area (TPSA) is 87.6 Å². The molecule has 18 heavy (non-hydrogen) atoms. The van der Waals surface area contributed by atoms with Crippen LogP contribution in [0.15, 0.2) is 24.4 Å². The van der Waals surface area contributed by atoms with Crippen molar-refractivity contribution in [2.75, 3.05) is 5.43 Å². The number of hydrazine groups is 1. The Morgan fingerprint density at radius 3 is 2.78 bits per heavy atom. The second kappa shape index (κ2) is 4.77. The minimum Gasteiger partial charge on any atom is -0.307 e. The summed E-state index contributed by atoms with van der Waals surface area (Å²) in [7, 11) is 0. The van der Waals surface area contributed by atoms with Gasteiger partial charge in [0.1, 0.15) is 11.9 Å². The number of hydrogen-bond acceptors (Lipinski definition) is 5. The number of aryl methyl sites for hydroxylation is 1. The smallest absolute Gasteiger partial charge is 0.158 e. The fourth-order valence-electron chi connectivity index (χ4n) is 1.58. The summed E-state index contributed by atoms with van der Waals surface area (Å²) in [5, 5.41) is 8.92. The van der Waals surface area contributed by atoms with Gasteiger partial charge in [0.05, 0.1) is 23.1 Å². The molecule has 0 amide bonds. The summed E-state index contributed by atoms with van der Waals surface area (Å²) in [4.78, 5) is 8.17. The Labute approximate surface area is 103 Å². The third-order valence-corrected chi connectivity index (χ3v) is 2.44. The molecule has 0 aliphatic carbocycles. The Balaban J connectivity index is 2.58. The van der Waals surface area contributed by atoms with Crippen LogP contribution < -0.4 is 11.3 Å². The highest BCUT2D eigenvalue weighted by molar-refractivity contribution is 5.65. The van der Waals surface area contributed by atoms with Crippen molar-refractivity contribution < 1.29 is 4.39 Å². The maximum atomic E-state index is 12.8. The molecule has 3 N–H and O–H groups in total. The Hall–Kier alpha value is -2.52. The Morgan fingerprint density at radius 1 is 1.44 bits per heavy atom. The fraction of sp³-hybridized carbons (Fsp3) is 0.0833. The number of nitrogens with zero attached hydrogens (tertiary/aromatic N) is 3. The number of anilines is 1. The second-order valence-corrected chi connectivity index (χ2v) is 3.67. The Kier molecular flexibility index (Phi) is 3.17. The van der Waals surface area contributed by atoms with Gasteiger partial charge in [0, 0.05) is 0 Å². The fourth-order valence-corrected chi connectivity index (χ4v) is 1.58. The lowest BCUT2D eigenvalue weighted by molar-refractivity contribution is 0.622. The molecule has 0 aliphatic heterocycles. The van der Waals surface area contributed by atoms with E-state index in [0.717, 1.165) is 11.8 Å². The lowest BCUT2D eigenvalue weighted by atomic mass is 10.1. The molecule has 0 aromatic carbocycles. The van der Waals surface area contributed by atoms with Gasteiger partial charge in [0.25, 0.3) is 0 Å².